The molecule has 0 bridgehead atoms. The lowest BCUT2D eigenvalue weighted by Gasteiger charge is -2.38. The van der Waals surface area contributed by atoms with Crippen LogP contribution in [0.3, 0.4) is 0 Å². The highest BCUT2D eigenvalue weighted by Crippen LogP contribution is 2.48. The van der Waals surface area contributed by atoms with Crippen LogP contribution in [0.1, 0.15) is 56.8 Å². The van der Waals surface area contributed by atoms with Crippen molar-refractivity contribution in [3.05, 3.63) is 29.2 Å². The molecule has 2 saturated heterocycles. The molecule has 0 aromatic carbocycles. The molecule has 7 nitrogen and oxygen atoms in total. The van der Waals surface area contributed by atoms with E-state index in [-0.39, 0.29) is 17.4 Å². The van der Waals surface area contributed by atoms with E-state index >= 15 is 0 Å². The largest absolute Gasteiger partial charge is 0.339 e. The summed E-state index contributed by atoms with van der Waals surface area (Å²) in [6.07, 6.45) is 2.69. The standard InChI is InChI=1S/C18H26N4O3S2/c1-13(2)17-19-16(20-25-17)14-11-18(12-21(14)3)6-8-22(9-7-18)27(23,24)15-5-4-10-26-15/h4-5,10,13-14H,6-9,11-12H2,1-3H3. The molecule has 2 aromatic rings. The van der Waals surface area contributed by atoms with Crippen LogP contribution in [0.2, 0.25) is 0 Å². The number of rotatable bonds is 4. The lowest BCUT2D eigenvalue weighted by atomic mass is 9.77. The average molecular weight is 411 g/mol. The van der Waals surface area contributed by atoms with Gasteiger partial charge in [0.25, 0.3) is 10.0 Å². The summed E-state index contributed by atoms with van der Waals surface area (Å²) in [4.78, 5) is 6.87. The quantitative estimate of drug-likeness (QED) is 0.771. The van der Waals surface area contributed by atoms with Gasteiger partial charge in [-0.15, -0.1) is 11.3 Å². The van der Waals surface area contributed by atoms with Crippen molar-refractivity contribution >= 4 is 21.4 Å². The van der Waals surface area contributed by atoms with E-state index in [1.807, 2.05) is 19.2 Å². The first kappa shape index (κ1) is 19.0. The number of hydrogen-bond acceptors (Lipinski definition) is 7. The number of piperidine rings is 1. The molecule has 0 saturated carbocycles. The van der Waals surface area contributed by atoms with Gasteiger partial charge in [-0.3, -0.25) is 4.90 Å². The molecule has 0 N–H and O–H groups in total. The zero-order valence-electron chi connectivity index (χ0n) is 16.0. The third kappa shape index (κ3) is 3.46. The molecule has 4 heterocycles. The molecule has 4 rings (SSSR count). The molecule has 9 heteroatoms. The number of sulfonamides is 1. The Kier molecular flexibility index (Phi) is 4.90. The first-order valence-corrected chi connectivity index (χ1v) is 11.7. The van der Waals surface area contributed by atoms with E-state index in [9.17, 15) is 8.42 Å². The molecule has 2 aliphatic heterocycles. The Morgan fingerprint density at radius 1 is 1.33 bits per heavy atom. The maximum Gasteiger partial charge on any atom is 0.252 e. The molecule has 2 aromatic heterocycles. The molecule has 1 spiro atoms. The van der Waals surface area contributed by atoms with Gasteiger partial charge in [-0.25, -0.2) is 8.42 Å². The van der Waals surface area contributed by atoms with Crippen LogP contribution in [-0.4, -0.2) is 54.4 Å². The van der Waals surface area contributed by atoms with Crippen LogP contribution >= 0.6 is 11.3 Å². The maximum atomic E-state index is 12.8. The van der Waals surface area contributed by atoms with Gasteiger partial charge >= 0.3 is 0 Å². The second-order valence-corrected chi connectivity index (χ2v) is 11.2. The van der Waals surface area contributed by atoms with Crippen LogP contribution in [0.15, 0.2) is 26.2 Å². The van der Waals surface area contributed by atoms with E-state index in [2.05, 4.69) is 22.1 Å². The van der Waals surface area contributed by atoms with E-state index in [0.29, 0.717) is 23.2 Å². The van der Waals surface area contributed by atoms with Crippen molar-refractivity contribution in [2.24, 2.45) is 5.41 Å². The predicted molar refractivity (Wildman–Crippen MR) is 103 cm³/mol. The Hall–Kier alpha value is -1.29. The van der Waals surface area contributed by atoms with Crippen molar-refractivity contribution in [1.29, 1.82) is 0 Å². The van der Waals surface area contributed by atoms with Gasteiger partial charge in [0, 0.05) is 25.6 Å². The molecule has 0 amide bonds. The molecule has 2 aliphatic rings. The first-order chi connectivity index (χ1) is 12.8. The number of aromatic nitrogens is 2. The fourth-order valence-corrected chi connectivity index (χ4v) is 6.86. The smallest absolute Gasteiger partial charge is 0.252 e. The molecule has 2 fully saturated rings. The van der Waals surface area contributed by atoms with Crippen molar-refractivity contribution in [3.63, 3.8) is 0 Å². The van der Waals surface area contributed by atoms with Gasteiger partial charge in [0.2, 0.25) is 5.89 Å². The highest BCUT2D eigenvalue weighted by Gasteiger charge is 2.47. The summed E-state index contributed by atoms with van der Waals surface area (Å²) in [6.45, 7) is 6.17. The molecule has 1 unspecified atom stereocenters. The molecule has 0 radical (unpaired) electrons. The molecular weight excluding hydrogens is 384 g/mol. The number of hydrogen-bond donors (Lipinski definition) is 0. The van der Waals surface area contributed by atoms with Gasteiger partial charge in [-0.1, -0.05) is 25.1 Å². The second kappa shape index (κ2) is 6.95. The van der Waals surface area contributed by atoms with Crippen LogP contribution < -0.4 is 0 Å². The third-order valence-electron chi connectivity index (χ3n) is 5.86. The Bertz CT molecular complexity index is 884. The maximum absolute atomic E-state index is 12.8. The number of likely N-dealkylation sites (tertiary alicyclic amines) is 1. The minimum absolute atomic E-state index is 0.125. The molecule has 148 valence electrons. The SMILES string of the molecule is CC(C)c1nc(C2CC3(CCN(S(=O)(=O)c4cccs4)CC3)CN2C)no1. The van der Waals surface area contributed by atoms with Crippen molar-refractivity contribution in [3.8, 4) is 0 Å². The minimum atomic E-state index is -3.35. The average Bonchev–Trinajstić information content (AvgIpc) is 3.35. The highest BCUT2D eigenvalue weighted by molar-refractivity contribution is 7.91. The monoisotopic (exact) mass is 410 g/mol. The van der Waals surface area contributed by atoms with Gasteiger partial charge in [0.05, 0.1) is 6.04 Å². The van der Waals surface area contributed by atoms with E-state index in [1.54, 1.807) is 16.4 Å². The van der Waals surface area contributed by atoms with Crippen LogP contribution in [-0.2, 0) is 10.0 Å². The fourth-order valence-electron chi connectivity index (χ4n) is 4.28. The highest BCUT2D eigenvalue weighted by atomic mass is 32.2. The summed E-state index contributed by atoms with van der Waals surface area (Å²) in [5, 5.41) is 6.01. The summed E-state index contributed by atoms with van der Waals surface area (Å²) >= 11 is 1.29. The van der Waals surface area contributed by atoms with Crippen LogP contribution in [0.4, 0.5) is 0 Å². The van der Waals surface area contributed by atoms with Crippen molar-refractivity contribution in [2.75, 3.05) is 26.7 Å². The van der Waals surface area contributed by atoms with Crippen molar-refractivity contribution < 1.29 is 12.9 Å². The fraction of sp³-hybridized carbons (Fsp3) is 0.667. The van der Waals surface area contributed by atoms with Gasteiger partial charge in [0.15, 0.2) is 5.82 Å². The Balaban J connectivity index is 1.45. The van der Waals surface area contributed by atoms with Crippen molar-refractivity contribution in [2.45, 2.75) is 49.3 Å². The molecular formula is C18H26N4O3S2. The van der Waals surface area contributed by atoms with Crippen LogP contribution in [0.5, 0.6) is 0 Å². The first-order valence-electron chi connectivity index (χ1n) is 9.38. The van der Waals surface area contributed by atoms with Crippen molar-refractivity contribution in [1.82, 2.24) is 19.3 Å². The zero-order valence-corrected chi connectivity index (χ0v) is 17.6. The molecule has 0 aliphatic carbocycles. The summed E-state index contributed by atoms with van der Waals surface area (Å²) in [5.74, 6) is 1.65. The topological polar surface area (TPSA) is 79.5 Å². The summed E-state index contributed by atoms with van der Waals surface area (Å²) < 4.78 is 33.0. The summed E-state index contributed by atoms with van der Waals surface area (Å²) in [7, 11) is -1.25. The zero-order chi connectivity index (χ0) is 19.2. The summed E-state index contributed by atoms with van der Waals surface area (Å²) in [5.41, 5.74) is 0.125. The molecule has 27 heavy (non-hydrogen) atoms. The predicted octanol–water partition coefficient (Wildman–Crippen LogP) is 3.10. The van der Waals surface area contributed by atoms with E-state index in [1.165, 1.54) is 11.3 Å². The Labute approximate surface area is 164 Å². The Morgan fingerprint density at radius 3 is 2.67 bits per heavy atom. The lowest BCUT2D eigenvalue weighted by molar-refractivity contribution is 0.161. The van der Waals surface area contributed by atoms with E-state index < -0.39 is 10.0 Å². The number of thiophene rings is 1. The van der Waals surface area contributed by atoms with Gasteiger partial charge < -0.3 is 4.52 Å². The van der Waals surface area contributed by atoms with Gasteiger partial charge in [0.1, 0.15) is 4.21 Å². The lowest BCUT2D eigenvalue weighted by Crippen LogP contribution is -2.43. The Morgan fingerprint density at radius 2 is 2.07 bits per heavy atom. The summed E-state index contributed by atoms with van der Waals surface area (Å²) in [6, 6.07) is 3.61. The minimum Gasteiger partial charge on any atom is -0.339 e. The third-order valence-corrected chi connectivity index (χ3v) is 9.14. The van der Waals surface area contributed by atoms with Gasteiger partial charge in [-0.2, -0.15) is 9.29 Å². The molecule has 1 atom stereocenters. The van der Waals surface area contributed by atoms with Crippen LogP contribution in [0, 0.1) is 5.41 Å². The van der Waals surface area contributed by atoms with E-state index in [0.717, 1.165) is 31.6 Å². The van der Waals surface area contributed by atoms with Crippen LogP contribution in [0.25, 0.3) is 0 Å². The number of nitrogens with zero attached hydrogens (tertiary/aromatic N) is 4. The van der Waals surface area contributed by atoms with Gasteiger partial charge in [-0.05, 0) is 43.2 Å². The normalized spacial score (nSPS) is 24.2. The second-order valence-electron chi connectivity index (χ2n) is 8.12. The van der Waals surface area contributed by atoms with E-state index in [4.69, 9.17) is 4.52 Å².